The van der Waals surface area contributed by atoms with E-state index >= 15 is 0 Å². The molecule has 0 aromatic heterocycles. The van der Waals surface area contributed by atoms with E-state index in [1.54, 1.807) is 0 Å². The van der Waals surface area contributed by atoms with Crippen LogP contribution < -0.4 is 0 Å². The maximum absolute atomic E-state index is 10.7. The first-order valence-corrected chi connectivity index (χ1v) is 3.78. The van der Waals surface area contributed by atoms with E-state index in [1.807, 2.05) is 20.3 Å². The first-order valence-electron chi connectivity index (χ1n) is 3.78. The molecule has 0 spiro atoms. The highest BCUT2D eigenvalue weighted by Gasteiger charge is 2.36. The minimum atomic E-state index is -0.225. The maximum Gasteiger partial charge on any atom is 0.306 e. The molecular weight excluding hydrogens is 128 g/mol. The van der Waals surface area contributed by atoms with Gasteiger partial charge in [0.1, 0.15) is 5.60 Å². The van der Waals surface area contributed by atoms with Crippen molar-refractivity contribution < 1.29 is 9.53 Å². The summed E-state index contributed by atoms with van der Waals surface area (Å²) in [5, 5.41) is 0. The fourth-order valence-corrected chi connectivity index (χ4v) is 1.26. The lowest BCUT2D eigenvalue weighted by Crippen LogP contribution is -2.26. The molecule has 0 atom stereocenters. The molecule has 2 nitrogen and oxygen atoms in total. The van der Waals surface area contributed by atoms with E-state index in [0.717, 1.165) is 12.8 Å². The van der Waals surface area contributed by atoms with Crippen LogP contribution in [0.25, 0.3) is 0 Å². The fourth-order valence-electron chi connectivity index (χ4n) is 1.26. The van der Waals surface area contributed by atoms with E-state index in [2.05, 4.69) is 0 Å². The van der Waals surface area contributed by atoms with E-state index in [0.29, 0.717) is 6.42 Å². The third kappa shape index (κ3) is 1.15. The van der Waals surface area contributed by atoms with E-state index in [4.69, 9.17) is 4.74 Å². The number of carbonyl (C=O) groups excluding carboxylic acids is 1. The van der Waals surface area contributed by atoms with Crippen molar-refractivity contribution in [2.45, 2.75) is 38.7 Å². The van der Waals surface area contributed by atoms with Crippen LogP contribution in [0.1, 0.15) is 33.1 Å². The summed E-state index contributed by atoms with van der Waals surface area (Å²) in [5.41, 5.74) is -0.225. The smallest absolute Gasteiger partial charge is 0.306 e. The summed E-state index contributed by atoms with van der Waals surface area (Å²) in [4.78, 5) is 10.7. The summed E-state index contributed by atoms with van der Waals surface area (Å²) < 4.78 is 5.15. The number of ether oxygens (including phenoxy) is 1. The van der Waals surface area contributed by atoms with Gasteiger partial charge >= 0.3 is 5.97 Å². The molecule has 0 unspecified atom stereocenters. The topological polar surface area (TPSA) is 26.3 Å². The summed E-state index contributed by atoms with van der Waals surface area (Å²) in [7, 11) is 0. The third-order valence-electron chi connectivity index (χ3n) is 2.15. The van der Waals surface area contributed by atoms with Crippen LogP contribution in [0.2, 0.25) is 0 Å². The molecule has 1 saturated heterocycles. The minimum Gasteiger partial charge on any atom is -0.459 e. The minimum absolute atomic E-state index is 0.0799. The van der Waals surface area contributed by atoms with Crippen LogP contribution in [-0.4, -0.2) is 11.6 Å². The van der Waals surface area contributed by atoms with Crippen LogP contribution in [0.15, 0.2) is 0 Å². The zero-order valence-electron chi connectivity index (χ0n) is 6.52. The number of cyclic esters (lactones) is 1. The molecule has 1 heterocycles. The lowest BCUT2D eigenvalue weighted by molar-refractivity contribution is -0.148. The van der Waals surface area contributed by atoms with E-state index in [1.165, 1.54) is 0 Å². The molecule has 2 heteroatoms. The molecule has 1 aliphatic heterocycles. The molecule has 0 amide bonds. The number of rotatable bonds is 2. The number of carbonyl (C=O) groups is 1. The van der Waals surface area contributed by atoms with Gasteiger partial charge in [-0.25, -0.2) is 0 Å². The Labute approximate surface area is 61.6 Å². The molecular formula is C8H13O2. The van der Waals surface area contributed by atoms with Crippen LogP contribution in [0.4, 0.5) is 0 Å². The average Bonchev–Trinajstić information content (AvgIpc) is 2.33. The number of hydrogen-bond donors (Lipinski definition) is 0. The second-order valence-electron chi connectivity index (χ2n) is 2.65. The van der Waals surface area contributed by atoms with E-state index < -0.39 is 0 Å². The van der Waals surface area contributed by atoms with E-state index in [-0.39, 0.29) is 11.6 Å². The molecule has 0 aromatic carbocycles. The van der Waals surface area contributed by atoms with Gasteiger partial charge in [-0.05, 0) is 12.8 Å². The lowest BCUT2D eigenvalue weighted by Gasteiger charge is -2.23. The Morgan fingerprint density at radius 2 is 2.20 bits per heavy atom. The van der Waals surface area contributed by atoms with Crippen LogP contribution in [0.3, 0.4) is 0 Å². The first kappa shape index (κ1) is 7.58. The SMILES string of the molecule is CCC1(CC)[CH]CC(=O)O1. The Kier molecular flexibility index (Phi) is 1.97. The molecule has 1 rings (SSSR count). The van der Waals surface area contributed by atoms with Gasteiger partial charge in [-0.2, -0.15) is 0 Å². The lowest BCUT2D eigenvalue weighted by atomic mass is 9.94. The van der Waals surface area contributed by atoms with Gasteiger partial charge in [-0.15, -0.1) is 0 Å². The molecule has 0 bridgehead atoms. The monoisotopic (exact) mass is 141 g/mol. The van der Waals surface area contributed by atoms with Crippen molar-refractivity contribution in [2.24, 2.45) is 0 Å². The van der Waals surface area contributed by atoms with Crippen molar-refractivity contribution in [3.05, 3.63) is 6.42 Å². The Morgan fingerprint density at radius 3 is 2.40 bits per heavy atom. The Morgan fingerprint density at radius 1 is 1.60 bits per heavy atom. The molecule has 1 aliphatic rings. The predicted octanol–water partition coefficient (Wildman–Crippen LogP) is 1.70. The Hall–Kier alpha value is -0.530. The zero-order valence-corrected chi connectivity index (χ0v) is 6.52. The van der Waals surface area contributed by atoms with Crippen molar-refractivity contribution >= 4 is 5.97 Å². The third-order valence-corrected chi connectivity index (χ3v) is 2.15. The molecule has 0 aromatic rings. The molecule has 0 N–H and O–H groups in total. The van der Waals surface area contributed by atoms with Gasteiger partial charge in [0.2, 0.25) is 0 Å². The average molecular weight is 141 g/mol. The van der Waals surface area contributed by atoms with Crippen molar-refractivity contribution in [1.29, 1.82) is 0 Å². The van der Waals surface area contributed by atoms with Crippen molar-refractivity contribution in [2.75, 3.05) is 0 Å². The second-order valence-corrected chi connectivity index (χ2v) is 2.65. The molecule has 1 radical (unpaired) electrons. The van der Waals surface area contributed by atoms with Crippen molar-refractivity contribution in [3.63, 3.8) is 0 Å². The quantitative estimate of drug-likeness (QED) is 0.547. The summed E-state index contributed by atoms with van der Waals surface area (Å²) in [6.45, 7) is 4.08. The highest BCUT2D eigenvalue weighted by molar-refractivity contribution is 5.74. The van der Waals surface area contributed by atoms with E-state index in [9.17, 15) is 4.79 Å². The van der Waals surface area contributed by atoms with Gasteiger partial charge in [-0.3, -0.25) is 4.79 Å². The van der Waals surface area contributed by atoms with Gasteiger partial charge in [0.15, 0.2) is 0 Å². The normalized spacial score (nSPS) is 22.8. The van der Waals surface area contributed by atoms with Crippen LogP contribution in [-0.2, 0) is 9.53 Å². The molecule has 57 valence electrons. The largest absolute Gasteiger partial charge is 0.459 e. The summed E-state index contributed by atoms with van der Waals surface area (Å²) in [5.74, 6) is -0.0799. The Bertz CT molecular complexity index is 136. The van der Waals surface area contributed by atoms with Crippen LogP contribution in [0, 0.1) is 6.42 Å². The van der Waals surface area contributed by atoms with Gasteiger partial charge in [0.25, 0.3) is 0 Å². The predicted molar refractivity (Wildman–Crippen MR) is 38.3 cm³/mol. The van der Waals surface area contributed by atoms with Gasteiger partial charge in [0.05, 0.1) is 6.42 Å². The summed E-state index contributed by atoms with van der Waals surface area (Å²) in [6, 6.07) is 0. The van der Waals surface area contributed by atoms with Crippen molar-refractivity contribution in [1.82, 2.24) is 0 Å². The highest BCUT2D eigenvalue weighted by atomic mass is 16.6. The number of esters is 1. The van der Waals surface area contributed by atoms with Gasteiger partial charge in [0, 0.05) is 6.42 Å². The summed E-state index contributed by atoms with van der Waals surface area (Å²) >= 11 is 0. The fraction of sp³-hybridized carbons (Fsp3) is 0.750. The zero-order chi connectivity index (χ0) is 7.61. The summed E-state index contributed by atoms with van der Waals surface area (Å²) in [6.07, 6.45) is 4.27. The van der Waals surface area contributed by atoms with Crippen LogP contribution >= 0.6 is 0 Å². The molecule has 0 saturated carbocycles. The Balaban J connectivity index is 2.59. The number of hydrogen-bond acceptors (Lipinski definition) is 2. The molecule has 1 fully saturated rings. The molecule has 0 aliphatic carbocycles. The van der Waals surface area contributed by atoms with Crippen LogP contribution in [0.5, 0.6) is 0 Å². The highest BCUT2D eigenvalue weighted by Crippen LogP contribution is 2.31. The first-order chi connectivity index (χ1) is 4.72. The molecule has 10 heavy (non-hydrogen) atoms. The maximum atomic E-state index is 10.7. The second kappa shape index (κ2) is 2.60. The van der Waals surface area contributed by atoms with Crippen molar-refractivity contribution in [3.8, 4) is 0 Å². The van der Waals surface area contributed by atoms with Gasteiger partial charge < -0.3 is 4.74 Å². The standard InChI is InChI=1S/C8H13O2/c1-3-8(4-2)6-5-7(9)10-8/h6H,3-5H2,1-2H3. The van der Waals surface area contributed by atoms with Gasteiger partial charge in [-0.1, -0.05) is 13.8 Å².